The zero-order valence-electron chi connectivity index (χ0n) is 18.4. The quantitative estimate of drug-likeness (QED) is 0.633. The Balaban J connectivity index is 1.77. The van der Waals surface area contributed by atoms with Gasteiger partial charge in [-0.2, -0.15) is 0 Å². The van der Waals surface area contributed by atoms with Gasteiger partial charge in [-0.3, -0.25) is 9.59 Å². The minimum atomic E-state index is -0.0567. The number of aromatic nitrogens is 1. The first kappa shape index (κ1) is 21.1. The van der Waals surface area contributed by atoms with Crippen molar-refractivity contribution in [3.05, 3.63) is 70.0 Å². The van der Waals surface area contributed by atoms with Crippen molar-refractivity contribution in [1.82, 2.24) is 4.57 Å². The fourth-order valence-electron chi connectivity index (χ4n) is 4.15. The lowest BCUT2D eigenvalue weighted by Crippen LogP contribution is -2.37. The molecule has 1 aromatic heterocycles. The molecule has 0 unspecified atom stereocenters. The number of hydrogen-bond acceptors (Lipinski definition) is 4. The van der Waals surface area contributed by atoms with Gasteiger partial charge in [0.15, 0.2) is 0 Å². The molecular weight excluding hydrogens is 390 g/mol. The molecule has 6 heteroatoms. The van der Waals surface area contributed by atoms with E-state index in [0.29, 0.717) is 25.3 Å². The van der Waals surface area contributed by atoms with E-state index in [4.69, 9.17) is 4.74 Å². The summed E-state index contributed by atoms with van der Waals surface area (Å²) in [6, 6.07) is 15.4. The van der Waals surface area contributed by atoms with Crippen molar-refractivity contribution in [2.45, 2.75) is 26.8 Å². The van der Waals surface area contributed by atoms with Crippen LogP contribution in [0, 0.1) is 0 Å². The molecule has 0 N–H and O–H groups in total. The molecule has 0 aliphatic carbocycles. The van der Waals surface area contributed by atoms with Gasteiger partial charge in [0, 0.05) is 49.4 Å². The number of amides is 1. The Labute approximate surface area is 182 Å². The van der Waals surface area contributed by atoms with E-state index in [9.17, 15) is 9.59 Å². The van der Waals surface area contributed by atoms with E-state index in [-0.39, 0.29) is 11.5 Å². The first-order valence-corrected chi connectivity index (χ1v) is 10.9. The molecule has 2 heterocycles. The Morgan fingerprint density at radius 1 is 1.03 bits per heavy atom. The normalized spacial score (nSPS) is 14.1. The highest BCUT2D eigenvalue weighted by Gasteiger charge is 2.19. The fraction of sp³-hybridized carbons (Fsp3) is 0.360. The van der Waals surface area contributed by atoms with Crippen LogP contribution >= 0.6 is 0 Å². The minimum Gasteiger partial charge on any atom is -0.378 e. The van der Waals surface area contributed by atoms with Crippen LogP contribution in [0.3, 0.4) is 0 Å². The number of benzene rings is 2. The molecule has 31 heavy (non-hydrogen) atoms. The number of hydrogen-bond donors (Lipinski definition) is 0. The Morgan fingerprint density at radius 2 is 1.74 bits per heavy atom. The maximum Gasteiger partial charge on any atom is 0.258 e. The number of aryl methyl sites for hydroxylation is 2. The molecule has 1 aliphatic heterocycles. The molecule has 3 aromatic rings. The average Bonchev–Trinajstić information content (AvgIpc) is 2.83. The molecule has 0 saturated carbocycles. The average molecular weight is 420 g/mol. The van der Waals surface area contributed by atoms with Crippen molar-refractivity contribution < 1.29 is 9.53 Å². The maximum absolute atomic E-state index is 13.1. The summed E-state index contributed by atoms with van der Waals surface area (Å²) in [5.41, 5.74) is 4.44. The van der Waals surface area contributed by atoms with Crippen LogP contribution in [0.4, 0.5) is 11.4 Å². The number of nitrogens with zero attached hydrogens (tertiary/aromatic N) is 3. The van der Waals surface area contributed by atoms with E-state index < -0.39 is 0 Å². The van der Waals surface area contributed by atoms with Crippen LogP contribution in [0.2, 0.25) is 0 Å². The third-order valence-corrected chi connectivity index (χ3v) is 6.04. The van der Waals surface area contributed by atoms with Crippen molar-refractivity contribution in [2.24, 2.45) is 0 Å². The van der Waals surface area contributed by atoms with Gasteiger partial charge in [0.1, 0.15) is 0 Å². The summed E-state index contributed by atoms with van der Waals surface area (Å²) in [6.07, 6.45) is 0.943. The zero-order chi connectivity index (χ0) is 22.0. The standard InChI is InChI=1S/C25H29N3O3/c1-4-18-6-8-19(9-7-18)25(30)26(3)20-10-11-22-21(16-20)23(17-24(29)28(22)5-2)27-12-14-31-15-13-27/h6-11,16-17H,4-5,12-15H2,1-3H3. The molecule has 0 bridgehead atoms. The number of anilines is 2. The smallest absolute Gasteiger partial charge is 0.258 e. The monoisotopic (exact) mass is 419 g/mol. The Hall–Kier alpha value is -3.12. The second kappa shape index (κ2) is 8.94. The molecular formula is C25H29N3O3. The largest absolute Gasteiger partial charge is 0.378 e. The molecule has 1 saturated heterocycles. The van der Waals surface area contributed by atoms with Gasteiger partial charge in [0.05, 0.1) is 24.4 Å². The highest BCUT2D eigenvalue weighted by molar-refractivity contribution is 6.07. The van der Waals surface area contributed by atoms with Gasteiger partial charge in [-0.05, 0) is 49.2 Å². The SMILES string of the molecule is CCc1ccc(C(=O)N(C)c2ccc3c(c2)c(N2CCOCC2)cc(=O)n3CC)cc1. The van der Waals surface area contributed by atoms with Crippen LogP contribution < -0.4 is 15.4 Å². The van der Waals surface area contributed by atoms with E-state index in [1.165, 1.54) is 5.56 Å². The Morgan fingerprint density at radius 3 is 2.39 bits per heavy atom. The predicted molar refractivity (Wildman–Crippen MR) is 125 cm³/mol. The number of pyridine rings is 1. The van der Waals surface area contributed by atoms with Crippen molar-refractivity contribution in [1.29, 1.82) is 0 Å². The summed E-state index contributed by atoms with van der Waals surface area (Å²) >= 11 is 0. The van der Waals surface area contributed by atoms with Crippen LogP contribution in [-0.2, 0) is 17.7 Å². The highest BCUT2D eigenvalue weighted by atomic mass is 16.5. The second-order valence-corrected chi connectivity index (χ2v) is 7.83. The van der Waals surface area contributed by atoms with Crippen molar-refractivity contribution in [2.75, 3.05) is 43.2 Å². The van der Waals surface area contributed by atoms with E-state index in [1.54, 1.807) is 22.6 Å². The van der Waals surface area contributed by atoms with Crippen LogP contribution in [0.15, 0.2) is 53.3 Å². The lowest BCUT2D eigenvalue weighted by molar-refractivity contribution is 0.0993. The summed E-state index contributed by atoms with van der Waals surface area (Å²) in [5.74, 6) is -0.0567. The zero-order valence-corrected chi connectivity index (χ0v) is 18.4. The van der Waals surface area contributed by atoms with E-state index in [0.717, 1.165) is 41.8 Å². The van der Waals surface area contributed by atoms with Crippen LogP contribution in [0.5, 0.6) is 0 Å². The van der Waals surface area contributed by atoms with Gasteiger partial charge in [-0.25, -0.2) is 0 Å². The molecule has 0 spiro atoms. The minimum absolute atomic E-state index is 0.00955. The third-order valence-electron chi connectivity index (χ3n) is 6.04. The molecule has 1 amide bonds. The summed E-state index contributed by atoms with van der Waals surface area (Å²) in [4.78, 5) is 29.7. The molecule has 2 aromatic carbocycles. The molecule has 6 nitrogen and oxygen atoms in total. The Bertz CT molecular complexity index is 1150. The van der Waals surface area contributed by atoms with Gasteiger partial charge >= 0.3 is 0 Å². The van der Waals surface area contributed by atoms with Crippen molar-refractivity contribution in [3.8, 4) is 0 Å². The summed E-state index contributed by atoms with van der Waals surface area (Å²) in [6.45, 7) is 7.44. The van der Waals surface area contributed by atoms with Crippen LogP contribution in [-0.4, -0.2) is 43.8 Å². The van der Waals surface area contributed by atoms with E-state index in [1.807, 2.05) is 49.4 Å². The van der Waals surface area contributed by atoms with Crippen LogP contribution in [0.25, 0.3) is 10.9 Å². The van der Waals surface area contributed by atoms with Gasteiger partial charge < -0.3 is 19.1 Å². The molecule has 1 aliphatic rings. The summed E-state index contributed by atoms with van der Waals surface area (Å²) < 4.78 is 7.26. The number of carbonyl (C=O) groups excluding carboxylic acids is 1. The number of carbonyl (C=O) groups is 1. The van der Waals surface area contributed by atoms with E-state index in [2.05, 4.69) is 11.8 Å². The van der Waals surface area contributed by atoms with Crippen LogP contribution in [0.1, 0.15) is 29.8 Å². The van der Waals surface area contributed by atoms with Gasteiger partial charge in [0.2, 0.25) is 0 Å². The second-order valence-electron chi connectivity index (χ2n) is 7.83. The topological polar surface area (TPSA) is 54.8 Å². The number of fused-ring (bicyclic) bond motifs is 1. The molecule has 162 valence electrons. The van der Waals surface area contributed by atoms with Gasteiger partial charge in [-0.15, -0.1) is 0 Å². The number of morpholine rings is 1. The lowest BCUT2D eigenvalue weighted by atomic mass is 10.1. The first-order valence-electron chi connectivity index (χ1n) is 10.9. The molecule has 0 atom stereocenters. The predicted octanol–water partition coefficient (Wildman–Crippen LogP) is 3.70. The van der Waals surface area contributed by atoms with Gasteiger partial charge in [-0.1, -0.05) is 19.1 Å². The van der Waals surface area contributed by atoms with Crippen molar-refractivity contribution in [3.63, 3.8) is 0 Å². The van der Waals surface area contributed by atoms with E-state index >= 15 is 0 Å². The number of rotatable bonds is 5. The summed E-state index contributed by atoms with van der Waals surface area (Å²) in [7, 11) is 1.79. The van der Waals surface area contributed by atoms with Gasteiger partial charge in [0.25, 0.3) is 11.5 Å². The molecule has 4 rings (SSSR count). The lowest BCUT2D eigenvalue weighted by Gasteiger charge is -2.30. The first-order chi connectivity index (χ1) is 15.0. The number of ether oxygens (including phenoxy) is 1. The molecule has 1 fully saturated rings. The molecule has 0 radical (unpaired) electrons. The highest BCUT2D eigenvalue weighted by Crippen LogP contribution is 2.30. The van der Waals surface area contributed by atoms with Crippen molar-refractivity contribution >= 4 is 28.2 Å². The maximum atomic E-state index is 13.1. The third kappa shape index (κ3) is 4.08. The summed E-state index contributed by atoms with van der Waals surface area (Å²) in [5, 5.41) is 0.974. The Kier molecular flexibility index (Phi) is 6.09. The fourth-order valence-corrected chi connectivity index (χ4v) is 4.15.